The summed E-state index contributed by atoms with van der Waals surface area (Å²) < 4.78 is 1.89. The molecule has 0 aliphatic heterocycles. The van der Waals surface area contributed by atoms with Gasteiger partial charge in [-0.05, 0) is 37.0 Å². The van der Waals surface area contributed by atoms with Crippen LogP contribution in [0.1, 0.15) is 27.2 Å². The first kappa shape index (κ1) is 17.3. The van der Waals surface area contributed by atoms with E-state index in [4.69, 9.17) is 5.73 Å². The number of amides is 2. The molecule has 4 N–H and O–H groups in total. The molecule has 5 rings (SSSR count). The number of aromatic nitrogens is 4. The number of H-pyrrole nitrogens is 1. The number of carbonyl (C=O) groups is 2. The van der Waals surface area contributed by atoms with Crippen molar-refractivity contribution in [3.05, 3.63) is 40.3 Å². The van der Waals surface area contributed by atoms with Crippen molar-refractivity contribution in [3.8, 4) is 0 Å². The summed E-state index contributed by atoms with van der Waals surface area (Å²) in [5.74, 6) is 0.108. The molecule has 4 aromatic rings. The van der Waals surface area contributed by atoms with Crippen LogP contribution in [0.4, 0.5) is 5.00 Å². The highest BCUT2D eigenvalue weighted by molar-refractivity contribution is 7.99. The standard InChI is InChI=1S/C18H16N6O2S2/c19-15(26)14-9-4-3-7-12(9)28-16(14)21-13(25)8-27-18-23-22-17-20-10-5-1-2-6-11(10)24(17)18/h1-2,5-6H,3-4,7-8H2,(H2,19,26)(H,20,22)(H,21,25). The molecule has 1 aliphatic carbocycles. The second-order valence-electron chi connectivity index (χ2n) is 6.53. The van der Waals surface area contributed by atoms with Gasteiger partial charge >= 0.3 is 0 Å². The number of carbonyl (C=O) groups excluding carboxylic acids is 2. The summed E-state index contributed by atoms with van der Waals surface area (Å²) in [6, 6.07) is 7.75. The Morgan fingerprint density at radius 2 is 2.18 bits per heavy atom. The number of nitrogens with one attached hydrogen (secondary N) is 2. The zero-order chi connectivity index (χ0) is 19.3. The van der Waals surface area contributed by atoms with E-state index < -0.39 is 5.91 Å². The number of hydrogen-bond acceptors (Lipinski definition) is 6. The van der Waals surface area contributed by atoms with E-state index in [9.17, 15) is 9.59 Å². The van der Waals surface area contributed by atoms with Crippen LogP contribution in [0.5, 0.6) is 0 Å². The molecule has 28 heavy (non-hydrogen) atoms. The van der Waals surface area contributed by atoms with Gasteiger partial charge < -0.3 is 11.1 Å². The van der Waals surface area contributed by atoms with Crippen molar-refractivity contribution in [1.82, 2.24) is 19.6 Å². The summed E-state index contributed by atoms with van der Waals surface area (Å²) in [5, 5.41) is 11.2. The van der Waals surface area contributed by atoms with Crippen LogP contribution in [0.2, 0.25) is 0 Å². The largest absolute Gasteiger partial charge is 0.365 e. The average molecular weight is 413 g/mol. The van der Waals surface area contributed by atoms with Crippen LogP contribution in [-0.2, 0) is 17.6 Å². The number of thiophene rings is 1. The van der Waals surface area contributed by atoms with Crippen LogP contribution in [0.15, 0.2) is 29.4 Å². The van der Waals surface area contributed by atoms with Crippen molar-refractivity contribution in [3.63, 3.8) is 0 Å². The number of aromatic amines is 1. The van der Waals surface area contributed by atoms with Gasteiger partial charge in [0.05, 0.1) is 22.3 Å². The Balaban J connectivity index is 1.35. The number of hydrogen-bond donors (Lipinski definition) is 3. The van der Waals surface area contributed by atoms with E-state index in [1.165, 1.54) is 23.1 Å². The molecular formula is C18H16N6O2S2. The molecule has 0 saturated carbocycles. The maximum atomic E-state index is 12.5. The maximum Gasteiger partial charge on any atom is 0.251 e. The van der Waals surface area contributed by atoms with E-state index in [0.717, 1.165) is 40.7 Å². The van der Waals surface area contributed by atoms with Crippen molar-refractivity contribution >= 4 is 56.7 Å². The van der Waals surface area contributed by atoms with Gasteiger partial charge in [0.15, 0.2) is 5.16 Å². The summed E-state index contributed by atoms with van der Waals surface area (Å²) in [5.41, 5.74) is 8.81. The summed E-state index contributed by atoms with van der Waals surface area (Å²) >= 11 is 2.76. The van der Waals surface area contributed by atoms with Gasteiger partial charge in [0.1, 0.15) is 5.00 Å². The lowest BCUT2D eigenvalue weighted by molar-refractivity contribution is -0.113. The molecule has 0 saturated heterocycles. The number of para-hydroxylation sites is 2. The van der Waals surface area contributed by atoms with E-state index in [2.05, 4.69) is 20.5 Å². The number of aryl methyl sites for hydroxylation is 1. The zero-order valence-electron chi connectivity index (χ0n) is 14.7. The summed E-state index contributed by atoms with van der Waals surface area (Å²) in [6.45, 7) is 0. The number of imidazole rings is 1. The Morgan fingerprint density at radius 3 is 3.04 bits per heavy atom. The van der Waals surface area contributed by atoms with Gasteiger partial charge in [-0.2, -0.15) is 0 Å². The van der Waals surface area contributed by atoms with Crippen molar-refractivity contribution in [2.24, 2.45) is 5.73 Å². The normalized spacial score (nSPS) is 13.3. The zero-order valence-corrected chi connectivity index (χ0v) is 16.3. The monoisotopic (exact) mass is 412 g/mol. The van der Waals surface area contributed by atoms with E-state index in [-0.39, 0.29) is 11.7 Å². The van der Waals surface area contributed by atoms with Crippen molar-refractivity contribution in [1.29, 1.82) is 0 Å². The molecule has 0 spiro atoms. The third-order valence-electron chi connectivity index (χ3n) is 4.76. The Morgan fingerprint density at radius 1 is 1.32 bits per heavy atom. The molecule has 1 aliphatic rings. The lowest BCUT2D eigenvalue weighted by atomic mass is 10.1. The third-order valence-corrected chi connectivity index (χ3v) is 6.90. The molecule has 0 fully saturated rings. The molecule has 10 heteroatoms. The van der Waals surface area contributed by atoms with Crippen molar-refractivity contribution in [2.45, 2.75) is 24.4 Å². The summed E-state index contributed by atoms with van der Waals surface area (Å²) in [4.78, 5) is 30.0. The van der Waals surface area contributed by atoms with E-state index in [0.29, 0.717) is 21.5 Å². The number of anilines is 1. The van der Waals surface area contributed by atoms with Crippen molar-refractivity contribution in [2.75, 3.05) is 11.1 Å². The fraction of sp³-hybridized carbons (Fsp3) is 0.222. The topological polar surface area (TPSA) is 118 Å². The number of thioether (sulfide) groups is 1. The van der Waals surface area contributed by atoms with Crippen LogP contribution >= 0.6 is 23.1 Å². The Labute approximate surface area is 167 Å². The van der Waals surface area contributed by atoms with Crippen LogP contribution in [0.25, 0.3) is 16.8 Å². The number of nitrogens with two attached hydrogens (primary N) is 1. The lowest BCUT2D eigenvalue weighted by Crippen LogP contribution is -2.19. The first-order valence-electron chi connectivity index (χ1n) is 8.80. The van der Waals surface area contributed by atoms with Gasteiger partial charge in [-0.3, -0.25) is 14.0 Å². The molecule has 0 unspecified atom stereocenters. The highest BCUT2D eigenvalue weighted by Gasteiger charge is 2.26. The third kappa shape index (κ3) is 2.76. The molecule has 3 aromatic heterocycles. The van der Waals surface area contributed by atoms with Crippen molar-refractivity contribution < 1.29 is 9.59 Å². The molecule has 142 valence electrons. The number of nitrogens with zero attached hydrogens (tertiary/aromatic N) is 3. The SMILES string of the molecule is NC(=O)c1c(NC(=O)CSc2n[nH]c3nc4ccccc4n23)sc2c1CCC2. The van der Waals surface area contributed by atoms with E-state index in [1.54, 1.807) is 0 Å². The van der Waals surface area contributed by atoms with Gasteiger partial charge in [0.25, 0.3) is 5.91 Å². The maximum absolute atomic E-state index is 12.5. The van der Waals surface area contributed by atoms with Crippen LogP contribution in [0, 0.1) is 0 Å². The van der Waals surface area contributed by atoms with Gasteiger partial charge in [-0.1, -0.05) is 23.9 Å². The molecular weight excluding hydrogens is 396 g/mol. The molecule has 0 atom stereocenters. The lowest BCUT2D eigenvalue weighted by Gasteiger charge is -2.05. The second-order valence-corrected chi connectivity index (χ2v) is 8.58. The minimum Gasteiger partial charge on any atom is -0.365 e. The Hall–Kier alpha value is -2.85. The molecule has 0 bridgehead atoms. The van der Waals surface area contributed by atoms with Crippen LogP contribution < -0.4 is 11.1 Å². The molecule has 1 aromatic carbocycles. The molecule has 8 nitrogen and oxygen atoms in total. The second kappa shape index (κ2) is 6.64. The quantitative estimate of drug-likeness (QED) is 0.436. The highest BCUT2D eigenvalue weighted by atomic mass is 32.2. The van der Waals surface area contributed by atoms with Gasteiger partial charge in [-0.25, -0.2) is 10.1 Å². The minimum atomic E-state index is -0.485. The van der Waals surface area contributed by atoms with Gasteiger partial charge in [0.2, 0.25) is 11.7 Å². The van der Waals surface area contributed by atoms with Gasteiger partial charge in [0, 0.05) is 4.88 Å². The summed E-state index contributed by atoms with van der Waals surface area (Å²) in [7, 11) is 0. The van der Waals surface area contributed by atoms with Gasteiger partial charge in [-0.15, -0.1) is 16.4 Å². The molecule has 0 radical (unpaired) electrons. The Kier molecular flexibility index (Phi) is 4.09. The first-order chi connectivity index (χ1) is 13.6. The number of benzene rings is 1. The average Bonchev–Trinajstić information content (AvgIpc) is 3.39. The highest BCUT2D eigenvalue weighted by Crippen LogP contribution is 2.39. The predicted molar refractivity (Wildman–Crippen MR) is 109 cm³/mol. The Bertz CT molecular complexity index is 1240. The predicted octanol–water partition coefficient (Wildman–Crippen LogP) is 2.59. The van der Waals surface area contributed by atoms with E-state index >= 15 is 0 Å². The smallest absolute Gasteiger partial charge is 0.251 e. The van der Waals surface area contributed by atoms with Crippen LogP contribution in [0.3, 0.4) is 0 Å². The summed E-state index contributed by atoms with van der Waals surface area (Å²) in [6.07, 6.45) is 2.80. The fourth-order valence-electron chi connectivity index (χ4n) is 3.59. The number of rotatable bonds is 5. The van der Waals surface area contributed by atoms with Crippen LogP contribution in [-0.4, -0.2) is 37.1 Å². The fourth-order valence-corrected chi connectivity index (χ4v) is 5.65. The number of fused-ring (bicyclic) bond motifs is 4. The first-order valence-corrected chi connectivity index (χ1v) is 10.6. The molecule has 2 amide bonds. The van der Waals surface area contributed by atoms with E-state index in [1.807, 2.05) is 28.7 Å². The number of primary amides is 1. The molecule has 3 heterocycles. The minimum absolute atomic E-state index is 0.160.